The molecule has 0 aliphatic heterocycles. The fourth-order valence-corrected chi connectivity index (χ4v) is 5.32. The molecule has 5 aromatic rings. The summed E-state index contributed by atoms with van der Waals surface area (Å²) in [5.74, 6) is -0.359. The van der Waals surface area contributed by atoms with Gasteiger partial charge in [-0.15, -0.1) is 0 Å². The number of benzene rings is 4. The molecule has 0 fully saturated rings. The van der Waals surface area contributed by atoms with E-state index in [2.05, 4.69) is 36.2 Å². The van der Waals surface area contributed by atoms with Gasteiger partial charge in [0.05, 0.1) is 11.3 Å². The lowest BCUT2D eigenvalue weighted by Gasteiger charge is -2.19. The Bertz CT molecular complexity index is 1630. The van der Waals surface area contributed by atoms with Crippen molar-refractivity contribution in [3.05, 3.63) is 125 Å². The van der Waals surface area contributed by atoms with Crippen LogP contribution in [0.25, 0.3) is 44.6 Å². The summed E-state index contributed by atoms with van der Waals surface area (Å²) in [5.41, 5.74) is 9.94. The molecule has 0 saturated heterocycles. The number of aryl methyl sites for hydroxylation is 1. The van der Waals surface area contributed by atoms with Crippen LogP contribution in [0.1, 0.15) is 22.3 Å². The number of aromatic nitrogens is 1. The molecule has 0 unspecified atom stereocenters. The lowest BCUT2D eigenvalue weighted by molar-refractivity contribution is -0.137. The molecule has 1 nitrogen and oxygen atoms in total. The lowest BCUT2D eigenvalue weighted by Crippen LogP contribution is -2.05. The maximum absolute atomic E-state index is 13.9. The van der Waals surface area contributed by atoms with E-state index in [1.807, 2.05) is 30.3 Å². The van der Waals surface area contributed by atoms with E-state index in [0.29, 0.717) is 11.3 Å². The highest BCUT2D eigenvalue weighted by Crippen LogP contribution is 2.47. The minimum absolute atomic E-state index is 0.359. The Balaban J connectivity index is 1.60. The molecule has 1 aromatic heterocycles. The van der Waals surface area contributed by atoms with Gasteiger partial charge in [0, 0.05) is 11.8 Å². The average molecular weight is 496 g/mol. The van der Waals surface area contributed by atoms with Crippen LogP contribution in [0, 0.1) is 12.7 Å². The van der Waals surface area contributed by atoms with Crippen molar-refractivity contribution in [1.82, 2.24) is 4.98 Å². The summed E-state index contributed by atoms with van der Waals surface area (Å²) in [6.07, 6.45) is -2.82. The van der Waals surface area contributed by atoms with Gasteiger partial charge in [0.25, 0.3) is 0 Å². The Labute approximate surface area is 212 Å². The standard InChI is InChI=1S/C32H21F4N/c1-19-9-15-25(28-17-21-5-2-3-6-24(21)30(19)28)26-7-4-8-27(31(26)20-10-13-23(33)14-11-20)29-16-12-22(18-37-29)32(34,35)36/h2-16,18H,17H2,1H3. The van der Waals surface area contributed by atoms with Crippen LogP contribution < -0.4 is 0 Å². The third-order valence-corrected chi connectivity index (χ3v) is 7.03. The van der Waals surface area contributed by atoms with E-state index in [0.717, 1.165) is 40.9 Å². The van der Waals surface area contributed by atoms with E-state index in [-0.39, 0.29) is 5.82 Å². The van der Waals surface area contributed by atoms with Crippen molar-refractivity contribution in [2.24, 2.45) is 0 Å². The second kappa shape index (κ2) is 8.70. The van der Waals surface area contributed by atoms with Gasteiger partial charge in [-0.25, -0.2) is 4.39 Å². The first-order valence-corrected chi connectivity index (χ1v) is 11.9. The number of halogens is 4. The third kappa shape index (κ3) is 4.01. The maximum atomic E-state index is 13.9. The predicted octanol–water partition coefficient (Wildman–Crippen LogP) is 9.12. The van der Waals surface area contributed by atoms with Gasteiger partial charge in [-0.2, -0.15) is 13.2 Å². The van der Waals surface area contributed by atoms with E-state index in [1.165, 1.54) is 46.0 Å². The quantitative estimate of drug-likeness (QED) is 0.223. The number of rotatable bonds is 3. The zero-order valence-corrected chi connectivity index (χ0v) is 19.9. The minimum atomic E-state index is -4.47. The summed E-state index contributed by atoms with van der Waals surface area (Å²) in [4.78, 5) is 4.18. The average Bonchev–Trinajstić information content (AvgIpc) is 3.29. The Morgan fingerprint density at radius 2 is 1.41 bits per heavy atom. The molecule has 0 atom stereocenters. The van der Waals surface area contributed by atoms with Crippen LogP contribution in [0.15, 0.2) is 97.2 Å². The topological polar surface area (TPSA) is 12.9 Å². The summed E-state index contributed by atoms with van der Waals surface area (Å²) in [5, 5.41) is 0. The van der Waals surface area contributed by atoms with Gasteiger partial charge in [-0.3, -0.25) is 4.98 Å². The molecule has 0 N–H and O–H groups in total. The van der Waals surface area contributed by atoms with E-state index in [9.17, 15) is 17.6 Å². The molecule has 0 amide bonds. The van der Waals surface area contributed by atoms with Crippen molar-refractivity contribution in [3.63, 3.8) is 0 Å². The van der Waals surface area contributed by atoms with Gasteiger partial charge in [-0.05, 0) is 87.7 Å². The van der Waals surface area contributed by atoms with Crippen LogP contribution in [0.2, 0.25) is 0 Å². The molecule has 6 rings (SSSR count). The Kier molecular flexibility index (Phi) is 5.45. The van der Waals surface area contributed by atoms with Crippen LogP contribution in [-0.4, -0.2) is 4.98 Å². The normalized spacial score (nSPS) is 12.4. The summed E-state index contributed by atoms with van der Waals surface area (Å²) >= 11 is 0. The number of hydrogen-bond donors (Lipinski definition) is 0. The lowest BCUT2D eigenvalue weighted by atomic mass is 9.85. The number of hydrogen-bond acceptors (Lipinski definition) is 1. The predicted molar refractivity (Wildman–Crippen MR) is 138 cm³/mol. The van der Waals surface area contributed by atoms with E-state index < -0.39 is 11.7 Å². The third-order valence-electron chi connectivity index (χ3n) is 7.03. The SMILES string of the molecule is Cc1ccc(-c2cccc(-c3ccc(C(F)(F)F)cn3)c2-c2ccc(F)cc2)c2c1-c1ccccc1C2. The summed E-state index contributed by atoms with van der Waals surface area (Å²) < 4.78 is 53.4. The van der Waals surface area contributed by atoms with Gasteiger partial charge in [-0.1, -0.05) is 66.7 Å². The van der Waals surface area contributed by atoms with E-state index in [4.69, 9.17) is 0 Å². The molecule has 182 valence electrons. The maximum Gasteiger partial charge on any atom is 0.417 e. The first-order chi connectivity index (χ1) is 17.8. The molecule has 0 bridgehead atoms. The molecule has 1 heterocycles. The first-order valence-electron chi connectivity index (χ1n) is 11.9. The fourth-order valence-electron chi connectivity index (χ4n) is 5.32. The number of alkyl halides is 3. The molecule has 1 aliphatic rings. The molecule has 0 spiro atoms. The second-order valence-electron chi connectivity index (χ2n) is 9.28. The summed E-state index contributed by atoms with van der Waals surface area (Å²) in [7, 11) is 0. The monoisotopic (exact) mass is 495 g/mol. The van der Waals surface area contributed by atoms with Crippen LogP contribution >= 0.6 is 0 Å². The van der Waals surface area contributed by atoms with Crippen molar-refractivity contribution in [3.8, 4) is 44.6 Å². The molecule has 4 aromatic carbocycles. The van der Waals surface area contributed by atoms with Crippen LogP contribution in [-0.2, 0) is 12.6 Å². The van der Waals surface area contributed by atoms with Gasteiger partial charge in [0.15, 0.2) is 0 Å². The van der Waals surface area contributed by atoms with Gasteiger partial charge in [0.1, 0.15) is 5.82 Å². The van der Waals surface area contributed by atoms with Gasteiger partial charge >= 0.3 is 6.18 Å². The zero-order chi connectivity index (χ0) is 25.7. The second-order valence-corrected chi connectivity index (χ2v) is 9.28. The zero-order valence-electron chi connectivity index (χ0n) is 19.9. The van der Waals surface area contributed by atoms with E-state index in [1.54, 1.807) is 12.1 Å². The highest BCUT2D eigenvalue weighted by molar-refractivity contribution is 5.97. The summed E-state index contributed by atoms with van der Waals surface area (Å²) in [6.45, 7) is 2.11. The number of nitrogens with zero attached hydrogens (tertiary/aromatic N) is 1. The molecule has 0 radical (unpaired) electrons. The van der Waals surface area contributed by atoms with Crippen LogP contribution in [0.5, 0.6) is 0 Å². The molecular formula is C32H21F4N. The molecule has 37 heavy (non-hydrogen) atoms. The van der Waals surface area contributed by atoms with Crippen molar-refractivity contribution >= 4 is 0 Å². The van der Waals surface area contributed by atoms with Crippen LogP contribution in [0.4, 0.5) is 17.6 Å². The van der Waals surface area contributed by atoms with E-state index >= 15 is 0 Å². The molecule has 5 heteroatoms. The number of pyridine rings is 1. The highest BCUT2D eigenvalue weighted by atomic mass is 19.4. The van der Waals surface area contributed by atoms with Crippen LogP contribution in [0.3, 0.4) is 0 Å². The fraction of sp³-hybridized carbons (Fsp3) is 0.0938. The van der Waals surface area contributed by atoms with Crippen molar-refractivity contribution in [1.29, 1.82) is 0 Å². The largest absolute Gasteiger partial charge is 0.417 e. The van der Waals surface area contributed by atoms with Crippen molar-refractivity contribution in [2.75, 3.05) is 0 Å². The molecule has 0 saturated carbocycles. The Morgan fingerprint density at radius 1 is 0.676 bits per heavy atom. The summed E-state index contributed by atoms with van der Waals surface area (Å²) in [6, 6.07) is 27.0. The van der Waals surface area contributed by atoms with Gasteiger partial charge in [0.2, 0.25) is 0 Å². The minimum Gasteiger partial charge on any atom is -0.256 e. The number of fused-ring (bicyclic) bond motifs is 3. The Morgan fingerprint density at radius 3 is 2.14 bits per heavy atom. The van der Waals surface area contributed by atoms with Crippen molar-refractivity contribution < 1.29 is 17.6 Å². The van der Waals surface area contributed by atoms with Crippen molar-refractivity contribution in [2.45, 2.75) is 19.5 Å². The molecule has 1 aliphatic carbocycles. The Hall–Kier alpha value is -4.25. The first kappa shape index (κ1) is 23.2. The van der Waals surface area contributed by atoms with Gasteiger partial charge < -0.3 is 0 Å². The highest BCUT2D eigenvalue weighted by Gasteiger charge is 2.31. The smallest absolute Gasteiger partial charge is 0.256 e. The molecular weight excluding hydrogens is 474 g/mol.